The summed E-state index contributed by atoms with van der Waals surface area (Å²) in [5.41, 5.74) is 0.791. The minimum absolute atomic E-state index is 0.270. The van der Waals surface area contributed by atoms with Gasteiger partial charge in [0, 0.05) is 10.6 Å². The molecule has 1 rings (SSSR count). The van der Waals surface area contributed by atoms with Crippen LogP contribution in [0.2, 0.25) is 10.0 Å². The monoisotopic (exact) mass is 227 g/mol. The van der Waals surface area contributed by atoms with Crippen LogP contribution in [0.4, 0.5) is 0 Å². The van der Waals surface area contributed by atoms with Crippen molar-refractivity contribution in [2.24, 2.45) is 0 Å². The molecule has 0 saturated carbocycles. The van der Waals surface area contributed by atoms with E-state index in [1.165, 1.54) is 7.11 Å². The van der Waals surface area contributed by atoms with Gasteiger partial charge in [-0.05, 0) is 12.1 Å². The fraction of sp³-hybridized carbons (Fsp3) is 0.100. The van der Waals surface area contributed by atoms with E-state index in [0.29, 0.717) is 21.4 Å². The number of nitrogens with zero attached hydrogens (tertiary/aromatic N) is 1. The predicted octanol–water partition coefficient (Wildman–Crippen LogP) is 3.54. The van der Waals surface area contributed by atoms with Crippen molar-refractivity contribution in [2.45, 2.75) is 0 Å². The summed E-state index contributed by atoms with van der Waals surface area (Å²) in [7, 11) is 1.48. The molecule has 1 aromatic rings. The van der Waals surface area contributed by atoms with Gasteiger partial charge < -0.3 is 4.74 Å². The van der Waals surface area contributed by atoms with E-state index in [1.54, 1.807) is 12.1 Å². The van der Waals surface area contributed by atoms with Gasteiger partial charge in [0.15, 0.2) is 0 Å². The highest BCUT2D eigenvalue weighted by Gasteiger charge is 2.11. The fourth-order valence-electron chi connectivity index (χ4n) is 1.05. The van der Waals surface area contributed by atoms with E-state index < -0.39 is 0 Å². The van der Waals surface area contributed by atoms with Crippen LogP contribution >= 0.6 is 23.2 Å². The second-order valence-electron chi connectivity index (χ2n) is 2.56. The Morgan fingerprint density at radius 2 is 2.14 bits per heavy atom. The van der Waals surface area contributed by atoms with Crippen LogP contribution in [-0.2, 0) is 0 Å². The van der Waals surface area contributed by atoms with Gasteiger partial charge in [-0.15, -0.1) is 0 Å². The summed E-state index contributed by atoms with van der Waals surface area (Å²) in [6, 6.07) is 5.07. The van der Waals surface area contributed by atoms with Crippen molar-refractivity contribution in [1.29, 1.82) is 5.26 Å². The zero-order chi connectivity index (χ0) is 10.7. The maximum absolute atomic E-state index is 8.70. The molecule has 14 heavy (non-hydrogen) atoms. The molecule has 0 aromatic heterocycles. The summed E-state index contributed by atoms with van der Waals surface area (Å²) in [5, 5.41) is 9.51. The van der Waals surface area contributed by atoms with Crippen molar-refractivity contribution < 1.29 is 4.74 Å². The van der Waals surface area contributed by atoms with E-state index >= 15 is 0 Å². The van der Waals surface area contributed by atoms with Crippen LogP contribution in [0.25, 0.3) is 5.57 Å². The number of hydrogen-bond donors (Lipinski definition) is 0. The van der Waals surface area contributed by atoms with Gasteiger partial charge in [0.1, 0.15) is 5.75 Å². The molecule has 4 heteroatoms. The van der Waals surface area contributed by atoms with Gasteiger partial charge in [0.2, 0.25) is 0 Å². The summed E-state index contributed by atoms with van der Waals surface area (Å²) in [6.45, 7) is 3.58. The third-order valence-electron chi connectivity index (χ3n) is 1.67. The van der Waals surface area contributed by atoms with Gasteiger partial charge in [0.25, 0.3) is 0 Å². The molecule has 0 heterocycles. The van der Waals surface area contributed by atoms with E-state index in [4.69, 9.17) is 33.2 Å². The molecule has 0 saturated heterocycles. The van der Waals surface area contributed by atoms with Crippen molar-refractivity contribution in [3.05, 3.63) is 34.3 Å². The van der Waals surface area contributed by atoms with Crippen LogP contribution in [-0.4, -0.2) is 7.11 Å². The standard InChI is InChI=1S/C10H7Cl2NO/c1-6(5-13)8-3-7(11)4-9(12)10(8)14-2/h3-4H,1H2,2H3. The Bertz CT molecular complexity index is 421. The number of ether oxygens (including phenoxy) is 1. The van der Waals surface area contributed by atoms with E-state index in [2.05, 4.69) is 6.58 Å². The largest absolute Gasteiger partial charge is 0.495 e. The SMILES string of the molecule is C=C(C#N)c1cc(Cl)cc(Cl)c1OC. The molecule has 0 aliphatic heterocycles. The smallest absolute Gasteiger partial charge is 0.146 e. The lowest BCUT2D eigenvalue weighted by atomic mass is 10.1. The maximum Gasteiger partial charge on any atom is 0.146 e. The van der Waals surface area contributed by atoms with Crippen LogP contribution in [0, 0.1) is 11.3 Å². The molecule has 0 aliphatic rings. The minimum atomic E-state index is 0.270. The zero-order valence-electron chi connectivity index (χ0n) is 7.47. The third-order valence-corrected chi connectivity index (χ3v) is 2.17. The van der Waals surface area contributed by atoms with Crippen molar-refractivity contribution in [3.63, 3.8) is 0 Å². The lowest BCUT2D eigenvalue weighted by Gasteiger charge is -2.09. The second kappa shape index (κ2) is 4.36. The van der Waals surface area contributed by atoms with Crippen molar-refractivity contribution in [3.8, 4) is 11.8 Å². The van der Waals surface area contributed by atoms with Crippen LogP contribution in [0.3, 0.4) is 0 Å². The Morgan fingerprint density at radius 1 is 1.50 bits per heavy atom. The maximum atomic E-state index is 8.70. The van der Waals surface area contributed by atoms with E-state index in [1.807, 2.05) is 6.07 Å². The van der Waals surface area contributed by atoms with Crippen molar-refractivity contribution in [2.75, 3.05) is 7.11 Å². The Morgan fingerprint density at radius 3 is 2.64 bits per heavy atom. The van der Waals surface area contributed by atoms with E-state index in [-0.39, 0.29) is 5.57 Å². The van der Waals surface area contributed by atoms with Crippen LogP contribution < -0.4 is 4.74 Å². The molecule has 0 unspecified atom stereocenters. The van der Waals surface area contributed by atoms with Gasteiger partial charge in [-0.25, -0.2) is 0 Å². The number of rotatable bonds is 2. The van der Waals surface area contributed by atoms with Gasteiger partial charge in [-0.2, -0.15) is 5.26 Å². The summed E-state index contributed by atoms with van der Waals surface area (Å²) in [6.07, 6.45) is 0. The molecule has 0 amide bonds. The molecule has 72 valence electrons. The van der Waals surface area contributed by atoms with Gasteiger partial charge >= 0.3 is 0 Å². The molecule has 0 N–H and O–H groups in total. The third kappa shape index (κ3) is 2.01. The quantitative estimate of drug-likeness (QED) is 0.725. The molecule has 0 aliphatic carbocycles. The molecule has 2 nitrogen and oxygen atoms in total. The Labute approximate surface area is 92.3 Å². The normalized spacial score (nSPS) is 9.29. The van der Waals surface area contributed by atoms with Gasteiger partial charge in [-0.3, -0.25) is 0 Å². The topological polar surface area (TPSA) is 33.0 Å². The Kier molecular flexibility index (Phi) is 3.40. The average Bonchev–Trinajstić information content (AvgIpc) is 2.15. The molecule has 0 fully saturated rings. The van der Waals surface area contributed by atoms with Gasteiger partial charge in [0.05, 0.1) is 23.8 Å². The number of hydrogen-bond acceptors (Lipinski definition) is 2. The number of halogens is 2. The number of benzene rings is 1. The van der Waals surface area contributed by atoms with Crippen LogP contribution in [0.15, 0.2) is 18.7 Å². The molecule has 0 bridgehead atoms. The number of methoxy groups -OCH3 is 1. The molecule has 0 spiro atoms. The lowest BCUT2D eigenvalue weighted by molar-refractivity contribution is 0.414. The van der Waals surface area contributed by atoms with Crippen LogP contribution in [0.5, 0.6) is 5.75 Å². The first-order valence-electron chi connectivity index (χ1n) is 3.72. The lowest BCUT2D eigenvalue weighted by Crippen LogP contribution is -1.91. The number of allylic oxidation sites excluding steroid dienone is 1. The predicted molar refractivity (Wildman–Crippen MR) is 57.7 cm³/mol. The second-order valence-corrected chi connectivity index (χ2v) is 3.40. The highest BCUT2D eigenvalue weighted by atomic mass is 35.5. The highest BCUT2D eigenvalue weighted by Crippen LogP contribution is 2.35. The van der Waals surface area contributed by atoms with E-state index in [0.717, 1.165) is 0 Å². The van der Waals surface area contributed by atoms with Gasteiger partial charge in [-0.1, -0.05) is 29.8 Å². The Balaban J connectivity index is 3.41. The summed E-state index contributed by atoms with van der Waals surface area (Å²) in [5.74, 6) is 0.419. The number of nitriles is 1. The molecule has 1 aromatic carbocycles. The fourth-order valence-corrected chi connectivity index (χ4v) is 1.62. The van der Waals surface area contributed by atoms with Crippen LogP contribution in [0.1, 0.15) is 5.56 Å². The first-order valence-corrected chi connectivity index (χ1v) is 4.48. The molecule has 0 radical (unpaired) electrons. The summed E-state index contributed by atoms with van der Waals surface area (Å²) in [4.78, 5) is 0. The highest BCUT2D eigenvalue weighted by molar-refractivity contribution is 6.36. The summed E-state index contributed by atoms with van der Waals surface area (Å²) < 4.78 is 5.05. The molecule has 0 atom stereocenters. The van der Waals surface area contributed by atoms with Crippen molar-refractivity contribution >= 4 is 28.8 Å². The first kappa shape index (κ1) is 10.9. The molecular weight excluding hydrogens is 221 g/mol. The minimum Gasteiger partial charge on any atom is -0.495 e. The summed E-state index contributed by atoms with van der Waals surface area (Å²) >= 11 is 11.7. The first-order chi connectivity index (χ1) is 6.60. The average molecular weight is 228 g/mol. The zero-order valence-corrected chi connectivity index (χ0v) is 8.99. The van der Waals surface area contributed by atoms with Crippen molar-refractivity contribution in [1.82, 2.24) is 0 Å². The van der Waals surface area contributed by atoms with E-state index in [9.17, 15) is 0 Å². The molecular formula is C10H7Cl2NO. The Hall–Kier alpha value is -1.17.